The summed E-state index contributed by atoms with van der Waals surface area (Å²) in [7, 11) is 0. The maximum atomic E-state index is 6.16. The Hall–Kier alpha value is 0.290. The topological polar surface area (TPSA) is 0 Å². The van der Waals surface area contributed by atoms with Gasteiger partial charge in [0.1, 0.15) is 0 Å². The van der Waals surface area contributed by atoms with Crippen LogP contribution in [0.15, 0.2) is 0 Å². The molecule has 1 unspecified atom stereocenters. The molecule has 0 spiro atoms. The van der Waals surface area contributed by atoms with E-state index in [1.165, 1.54) is 25.7 Å². The Morgan fingerprint density at radius 3 is 2.20 bits per heavy atom. The van der Waals surface area contributed by atoms with Crippen molar-refractivity contribution >= 4 is 11.6 Å². The molecule has 0 amide bonds. The fraction of sp³-hybridized carbons (Fsp3) is 1.00. The van der Waals surface area contributed by atoms with E-state index in [2.05, 4.69) is 20.8 Å². The molecule has 1 heteroatoms. The lowest BCUT2D eigenvalue weighted by Gasteiger charge is -2.18. The highest BCUT2D eigenvalue weighted by atomic mass is 35.5. The van der Waals surface area contributed by atoms with Crippen LogP contribution in [0.5, 0.6) is 0 Å². The van der Waals surface area contributed by atoms with Crippen LogP contribution in [0.25, 0.3) is 0 Å². The number of hydrogen-bond acceptors (Lipinski definition) is 0. The molecule has 0 heterocycles. The standard InChI is InChI=1S/C9H19Cl/c1-4-6-7-8-9(3,10)5-2/h4-8H2,1-3H3. The zero-order chi connectivity index (χ0) is 8.04. The average Bonchev–Trinajstić information content (AvgIpc) is 1.89. The highest BCUT2D eigenvalue weighted by molar-refractivity contribution is 6.23. The first kappa shape index (κ1) is 10.3. The molecule has 62 valence electrons. The Labute approximate surface area is 70.0 Å². The van der Waals surface area contributed by atoms with Gasteiger partial charge in [-0.25, -0.2) is 0 Å². The van der Waals surface area contributed by atoms with Crippen LogP contribution in [0.4, 0.5) is 0 Å². The SMILES string of the molecule is CCCCCC(C)(Cl)CC. The highest BCUT2D eigenvalue weighted by Gasteiger charge is 2.16. The van der Waals surface area contributed by atoms with E-state index in [1.807, 2.05) is 0 Å². The van der Waals surface area contributed by atoms with Crippen LogP contribution in [0.2, 0.25) is 0 Å². The van der Waals surface area contributed by atoms with Gasteiger partial charge in [0.2, 0.25) is 0 Å². The van der Waals surface area contributed by atoms with Crippen molar-refractivity contribution in [2.45, 2.75) is 57.7 Å². The molecular formula is C9H19Cl. The zero-order valence-corrected chi connectivity index (χ0v) is 8.17. The lowest BCUT2D eigenvalue weighted by Crippen LogP contribution is -2.13. The molecule has 0 aromatic heterocycles. The molecule has 0 saturated carbocycles. The van der Waals surface area contributed by atoms with Crippen molar-refractivity contribution < 1.29 is 0 Å². The van der Waals surface area contributed by atoms with Crippen LogP contribution in [-0.2, 0) is 0 Å². The zero-order valence-electron chi connectivity index (χ0n) is 7.41. The molecule has 0 N–H and O–H groups in total. The van der Waals surface area contributed by atoms with Gasteiger partial charge in [-0.05, 0) is 19.8 Å². The van der Waals surface area contributed by atoms with Crippen LogP contribution in [-0.4, -0.2) is 4.87 Å². The van der Waals surface area contributed by atoms with Crippen molar-refractivity contribution in [3.8, 4) is 0 Å². The Bertz CT molecular complexity index is 76.8. The van der Waals surface area contributed by atoms with Gasteiger partial charge >= 0.3 is 0 Å². The van der Waals surface area contributed by atoms with E-state index in [9.17, 15) is 0 Å². The summed E-state index contributed by atoms with van der Waals surface area (Å²) in [5, 5.41) is 0. The molecule has 0 bridgehead atoms. The molecular weight excluding hydrogens is 144 g/mol. The van der Waals surface area contributed by atoms with E-state index in [-0.39, 0.29) is 4.87 Å². The number of hydrogen-bond donors (Lipinski definition) is 0. The Morgan fingerprint density at radius 1 is 1.20 bits per heavy atom. The third-order valence-corrected chi connectivity index (χ3v) is 2.50. The number of rotatable bonds is 5. The third-order valence-electron chi connectivity index (χ3n) is 2.04. The van der Waals surface area contributed by atoms with Crippen LogP contribution < -0.4 is 0 Å². The predicted molar refractivity (Wildman–Crippen MR) is 48.7 cm³/mol. The maximum absolute atomic E-state index is 6.16. The summed E-state index contributed by atoms with van der Waals surface area (Å²) in [4.78, 5) is 0.0647. The molecule has 0 radical (unpaired) electrons. The fourth-order valence-electron chi connectivity index (χ4n) is 0.920. The summed E-state index contributed by atoms with van der Waals surface area (Å²) in [5.41, 5.74) is 0. The van der Waals surface area contributed by atoms with E-state index in [0.717, 1.165) is 6.42 Å². The minimum absolute atomic E-state index is 0.0647. The summed E-state index contributed by atoms with van der Waals surface area (Å²) in [6.07, 6.45) is 6.14. The number of alkyl halides is 1. The first-order valence-corrected chi connectivity index (χ1v) is 4.69. The van der Waals surface area contributed by atoms with E-state index in [0.29, 0.717) is 0 Å². The van der Waals surface area contributed by atoms with Gasteiger partial charge in [0.05, 0.1) is 0 Å². The Morgan fingerprint density at radius 2 is 1.80 bits per heavy atom. The first-order valence-electron chi connectivity index (χ1n) is 4.31. The second-order valence-electron chi connectivity index (χ2n) is 3.22. The van der Waals surface area contributed by atoms with Crippen molar-refractivity contribution in [1.29, 1.82) is 0 Å². The summed E-state index contributed by atoms with van der Waals surface area (Å²) in [5.74, 6) is 0. The summed E-state index contributed by atoms with van der Waals surface area (Å²) in [6.45, 7) is 6.50. The minimum Gasteiger partial charge on any atom is -0.120 e. The van der Waals surface area contributed by atoms with Gasteiger partial charge in [-0.2, -0.15) is 0 Å². The van der Waals surface area contributed by atoms with Gasteiger partial charge in [-0.3, -0.25) is 0 Å². The molecule has 0 aliphatic heterocycles. The van der Waals surface area contributed by atoms with E-state index >= 15 is 0 Å². The molecule has 0 nitrogen and oxygen atoms in total. The van der Waals surface area contributed by atoms with Gasteiger partial charge in [0.25, 0.3) is 0 Å². The van der Waals surface area contributed by atoms with Crippen molar-refractivity contribution in [3.63, 3.8) is 0 Å². The first-order chi connectivity index (χ1) is 4.62. The third kappa shape index (κ3) is 5.10. The van der Waals surface area contributed by atoms with Gasteiger partial charge in [-0.15, -0.1) is 11.6 Å². The molecule has 0 saturated heterocycles. The monoisotopic (exact) mass is 162 g/mol. The Balaban J connectivity index is 3.28. The van der Waals surface area contributed by atoms with Gasteiger partial charge < -0.3 is 0 Å². The van der Waals surface area contributed by atoms with Crippen LogP contribution >= 0.6 is 11.6 Å². The van der Waals surface area contributed by atoms with Gasteiger partial charge in [0.15, 0.2) is 0 Å². The van der Waals surface area contributed by atoms with Gasteiger partial charge in [0, 0.05) is 4.87 Å². The lowest BCUT2D eigenvalue weighted by atomic mass is 10.0. The molecule has 0 aromatic carbocycles. The van der Waals surface area contributed by atoms with Crippen molar-refractivity contribution in [1.82, 2.24) is 0 Å². The van der Waals surface area contributed by atoms with Crippen molar-refractivity contribution in [2.24, 2.45) is 0 Å². The maximum Gasteiger partial charge on any atom is 0.0416 e. The second-order valence-corrected chi connectivity index (χ2v) is 4.14. The second kappa shape index (κ2) is 5.01. The van der Waals surface area contributed by atoms with Crippen molar-refractivity contribution in [3.05, 3.63) is 0 Å². The van der Waals surface area contributed by atoms with E-state index in [4.69, 9.17) is 11.6 Å². The smallest absolute Gasteiger partial charge is 0.0416 e. The summed E-state index contributed by atoms with van der Waals surface area (Å²) >= 11 is 6.16. The normalized spacial score (nSPS) is 16.8. The lowest BCUT2D eigenvalue weighted by molar-refractivity contribution is 0.516. The predicted octanol–water partition coefficient (Wildman–Crippen LogP) is 3.97. The van der Waals surface area contributed by atoms with E-state index < -0.39 is 0 Å². The highest BCUT2D eigenvalue weighted by Crippen LogP contribution is 2.25. The number of halogens is 1. The van der Waals surface area contributed by atoms with Crippen LogP contribution in [0.3, 0.4) is 0 Å². The minimum atomic E-state index is 0.0647. The fourth-order valence-corrected chi connectivity index (χ4v) is 1.05. The quantitative estimate of drug-likeness (QED) is 0.424. The molecule has 0 aliphatic rings. The van der Waals surface area contributed by atoms with E-state index in [1.54, 1.807) is 0 Å². The largest absolute Gasteiger partial charge is 0.120 e. The molecule has 0 fully saturated rings. The number of unbranched alkanes of at least 4 members (excludes halogenated alkanes) is 2. The molecule has 1 atom stereocenters. The molecule has 0 aromatic rings. The summed E-state index contributed by atoms with van der Waals surface area (Å²) in [6, 6.07) is 0. The molecule has 10 heavy (non-hydrogen) atoms. The molecule has 0 rings (SSSR count). The van der Waals surface area contributed by atoms with Crippen LogP contribution in [0, 0.1) is 0 Å². The average molecular weight is 163 g/mol. The van der Waals surface area contributed by atoms with Gasteiger partial charge in [-0.1, -0.05) is 33.1 Å². The van der Waals surface area contributed by atoms with Crippen LogP contribution in [0.1, 0.15) is 52.9 Å². The molecule has 0 aliphatic carbocycles. The van der Waals surface area contributed by atoms with Crippen molar-refractivity contribution in [2.75, 3.05) is 0 Å². The summed E-state index contributed by atoms with van der Waals surface area (Å²) < 4.78 is 0. The Kier molecular flexibility index (Phi) is 5.15.